The highest BCUT2D eigenvalue weighted by Crippen LogP contribution is 2.31. The van der Waals surface area contributed by atoms with Crippen molar-refractivity contribution in [3.63, 3.8) is 0 Å². The number of carbonyl (C=O) groups excluding carboxylic acids is 1. The first kappa shape index (κ1) is 15.0. The molecule has 0 aliphatic carbocycles. The van der Waals surface area contributed by atoms with E-state index >= 15 is 0 Å². The Labute approximate surface area is 119 Å². The summed E-state index contributed by atoms with van der Waals surface area (Å²) in [7, 11) is 1.41. The van der Waals surface area contributed by atoms with Crippen LogP contribution in [0.15, 0.2) is 18.2 Å². The fourth-order valence-electron chi connectivity index (χ4n) is 2.87. The Balaban J connectivity index is 2.38. The number of hydrogen-bond acceptors (Lipinski definition) is 3. The van der Waals surface area contributed by atoms with E-state index in [1.807, 2.05) is 13.8 Å². The number of ether oxygens (including phenoxy) is 1. The summed E-state index contributed by atoms with van der Waals surface area (Å²) in [6, 6.07) is 4.74. The molecule has 1 aromatic carbocycles. The molecule has 0 amide bonds. The second-order valence-corrected chi connectivity index (χ2v) is 5.47. The van der Waals surface area contributed by atoms with Crippen molar-refractivity contribution in [2.75, 3.05) is 20.2 Å². The molecule has 1 fully saturated rings. The number of methoxy groups -OCH3 is 1. The van der Waals surface area contributed by atoms with Crippen LogP contribution in [0.4, 0.5) is 4.39 Å². The molecule has 0 radical (unpaired) electrons. The molecule has 3 nitrogen and oxygen atoms in total. The third-order valence-corrected chi connectivity index (χ3v) is 4.41. The van der Waals surface area contributed by atoms with Crippen molar-refractivity contribution < 1.29 is 13.9 Å². The van der Waals surface area contributed by atoms with Crippen LogP contribution < -0.4 is 4.74 Å². The van der Waals surface area contributed by atoms with Gasteiger partial charge < -0.3 is 4.74 Å². The van der Waals surface area contributed by atoms with Crippen LogP contribution in [0.5, 0.6) is 5.75 Å². The Bertz CT molecular complexity index is 497. The van der Waals surface area contributed by atoms with Gasteiger partial charge in [-0.1, -0.05) is 13.0 Å². The molecule has 0 bridgehead atoms. The molecule has 1 heterocycles. The highest BCUT2D eigenvalue weighted by atomic mass is 19.1. The lowest BCUT2D eigenvalue weighted by Gasteiger charge is -2.36. The third-order valence-electron chi connectivity index (χ3n) is 4.41. The fraction of sp³-hybridized carbons (Fsp3) is 0.562. The zero-order valence-corrected chi connectivity index (χ0v) is 12.4. The molecular formula is C16H22FNO2. The maximum absolute atomic E-state index is 14.3. The van der Waals surface area contributed by atoms with Crippen LogP contribution in [0.1, 0.15) is 43.5 Å². The number of Topliss-reactive ketones (excluding diaryl/α,β-unsaturated/α-hetero) is 1. The average Bonchev–Trinajstić information content (AvgIpc) is 3.00. The summed E-state index contributed by atoms with van der Waals surface area (Å²) in [5.74, 6) is -0.590. The van der Waals surface area contributed by atoms with E-state index in [4.69, 9.17) is 4.74 Å². The number of benzene rings is 1. The first-order valence-electron chi connectivity index (χ1n) is 7.17. The number of nitrogens with zero attached hydrogens (tertiary/aromatic N) is 1. The third kappa shape index (κ3) is 2.44. The minimum absolute atomic E-state index is 0.121. The second kappa shape index (κ2) is 5.92. The topological polar surface area (TPSA) is 29.5 Å². The Morgan fingerprint density at radius 1 is 1.40 bits per heavy atom. The van der Waals surface area contributed by atoms with E-state index in [-0.39, 0.29) is 17.1 Å². The summed E-state index contributed by atoms with van der Waals surface area (Å²) in [6.07, 6.45) is 2.87. The van der Waals surface area contributed by atoms with Crippen LogP contribution in [0, 0.1) is 5.82 Å². The molecule has 20 heavy (non-hydrogen) atoms. The van der Waals surface area contributed by atoms with Crippen molar-refractivity contribution in [2.45, 2.75) is 38.6 Å². The molecule has 0 saturated carbocycles. The first-order valence-corrected chi connectivity index (χ1v) is 7.17. The van der Waals surface area contributed by atoms with Gasteiger partial charge in [-0.25, -0.2) is 4.39 Å². The van der Waals surface area contributed by atoms with Gasteiger partial charge in [0.2, 0.25) is 0 Å². The van der Waals surface area contributed by atoms with Gasteiger partial charge in [0, 0.05) is 0 Å². The summed E-state index contributed by atoms with van der Waals surface area (Å²) in [5, 5.41) is 0. The van der Waals surface area contributed by atoms with E-state index in [2.05, 4.69) is 4.90 Å². The molecule has 1 atom stereocenters. The van der Waals surface area contributed by atoms with Crippen molar-refractivity contribution in [3.05, 3.63) is 29.6 Å². The van der Waals surface area contributed by atoms with E-state index in [1.165, 1.54) is 13.2 Å². The molecule has 0 N–H and O–H groups in total. The Hall–Kier alpha value is -1.42. The smallest absolute Gasteiger partial charge is 0.185 e. The van der Waals surface area contributed by atoms with Crippen molar-refractivity contribution >= 4 is 5.78 Å². The lowest BCUT2D eigenvalue weighted by molar-refractivity contribution is 0.0642. The predicted octanol–water partition coefficient (Wildman–Crippen LogP) is 3.28. The number of likely N-dealkylation sites (tertiary alicyclic amines) is 1. The van der Waals surface area contributed by atoms with Gasteiger partial charge in [-0.2, -0.15) is 0 Å². The minimum Gasteiger partial charge on any atom is -0.494 e. The number of ketones is 1. The van der Waals surface area contributed by atoms with Crippen LogP contribution in [-0.2, 0) is 0 Å². The second-order valence-electron chi connectivity index (χ2n) is 5.47. The van der Waals surface area contributed by atoms with E-state index in [0.717, 1.165) is 25.9 Å². The Morgan fingerprint density at radius 3 is 2.60 bits per heavy atom. The van der Waals surface area contributed by atoms with E-state index < -0.39 is 11.4 Å². The lowest BCUT2D eigenvalue weighted by Crippen LogP contribution is -2.50. The van der Waals surface area contributed by atoms with E-state index in [0.29, 0.717) is 6.42 Å². The molecule has 0 aromatic heterocycles. The average molecular weight is 279 g/mol. The van der Waals surface area contributed by atoms with Gasteiger partial charge in [-0.15, -0.1) is 0 Å². The summed E-state index contributed by atoms with van der Waals surface area (Å²) < 4.78 is 19.3. The van der Waals surface area contributed by atoms with E-state index in [1.54, 1.807) is 12.1 Å². The monoisotopic (exact) mass is 279 g/mol. The molecule has 110 valence electrons. The van der Waals surface area contributed by atoms with Crippen LogP contribution >= 0.6 is 0 Å². The minimum atomic E-state index is -0.635. The van der Waals surface area contributed by atoms with Crippen molar-refractivity contribution in [1.29, 1.82) is 0 Å². The summed E-state index contributed by atoms with van der Waals surface area (Å²) in [6.45, 7) is 5.71. The molecule has 2 rings (SSSR count). The largest absolute Gasteiger partial charge is 0.494 e. The van der Waals surface area contributed by atoms with Gasteiger partial charge >= 0.3 is 0 Å². The van der Waals surface area contributed by atoms with E-state index in [9.17, 15) is 9.18 Å². The maximum Gasteiger partial charge on any atom is 0.185 e. The molecule has 0 spiro atoms. The number of halogens is 1. The van der Waals surface area contributed by atoms with Gasteiger partial charge in [0.15, 0.2) is 17.3 Å². The fourth-order valence-corrected chi connectivity index (χ4v) is 2.87. The van der Waals surface area contributed by atoms with Crippen LogP contribution in [0.2, 0.25) is 0 Å². The van der Waals surface area contributed by atoms with Crippen LogP contribution in [0.25, 0.3) is 0 Å². The summed E-state index contributed by atoms with van der Waals surface area (Å²) in [4.78, 5) is 15.0. The Morgan fingerprint density at radius 2 is 2.05 bits per heavy atom. The highest BCUT2D eigenvalue weighted by molar-refractivity contribution is 6.03. The first-order chi connectivity index (χ1) is 9.54. The summed E-state index contributed by atoms with van der Waals surface area (Å²) in [5.41, 5.74) is -0.510. The molecule has 4 heteroatoms. The number of carbonyl (C=O) groups is 1. The molecule has 1 saturated heterocycles. The molecule has 1 aromatic rings. The zero-order valence-electron chi connectivity index (χ0n) is 12.4. The molecule has 1 unspecified atom stereocenters. The highest BCUT2D eigenvalue weighted by Gasteiger charge is 2.40. The number of hydrogen-bond donors (Lipinski definition) is 0. The predicted molar refractivity (Wildman–Crippen MR) is 76.8 cm³/mol. The summed E-state index contributed by atoms with van der Waals surface area (Å²) >= 11 is 0. The van der Waals surface area contributed by atoms with Crippen molar-refractivity contribution in [2.24, 2.45) is 0 Å². The molecule has 1 aliphatic rings. The van der Waals surface area contributed by atoms with Gasteiger partial charge in [-0.05, 0) is 51.4 Å². The quantitative estimate of drug-likeness (QED) is 0.775. The van der Waals surface area contributed by atoms with Gasteiger partial charge in [0.25, 0.3) is 0 Å². The maximum atomic E-state index is 14.3. The lowest BCUT2D eigenvalue weighted by atomic mass is 9.86. The molecular weight excluding hydrogens is 257 g/mol. The van der Waals surface area contributed by atoms with Crippen LogP contribution in [-0.4, -0.2) is 36.4 Å². The SMILES string of the molecule is CCC(C)(C(=O)c1cccc(OC)c1F)N1CCCC1. The Kier molecular flexibility index (Phi) is 4.43. The van der Waals surface area contributed by atoms with Gasteiger partial charge in [0.1, 0.15) is 0 Å². The zero-order chi connectivity index (χ0) is 14.8. The van der Waals surface area contributed by atoms with Gasteiger partial charge in [0.05, 0.1) is 18.2 Å². The molecule has 1 aliphatic heterocycles. The number of rotatable bonds is 5. The normalized spacial score (nSPS) is 18.8. The van der Waals surface area contributed by atoms with Crippen molar-refractivity contribution in [1.82, 2.24) is 4.90 Å². The standard InChI is InChI=1S/C16H22FNO2/c1-4-16(2,18-10-5-6-11-18)15(19)12-8-7-9-13(20-3)14(12)17/h7-9H,4-6,10-11H2,1-3H3. The van der Waals surface area contributed by atoms with Crippen LogP contribution in [0.3, 0.4) is 0 Å². The van der Waals surface area contributed by atoms with Gasteiger partial charge in [-0.3, -0.25) is 9.69 Å². The van der Waals surface area contributed by atoms with Crippen molar-refractivity contribution in [3.8, 4) is 5.75 Å².